The maximum Gasteiger partial charge on any atom is 0.270 e. The fraction of sp³-hybridized carbons (Fsp3) is 0.500. The first kappa shape index (κ1) is 22.9. The van der Waals surface area contributed by atoms with Crippen molar-refractivity contribution in [1.82, 2.24) is 15.6 Å². The van der Waals surface area contributed by atoms with Gasteiger partial charge in [-0.25, -0.2) is 0 Å². The second-order valence-electron chi connectivity index (χ2n) is 4.74. The molecule has 4 N–H and O–H groups in total. The van der Waals surface area contributed by atoms with Crippen molar-refractivity contribution in [1.29, 1.82) is 0 Å². The average molecular weight is 351 g/mol. The second kappa shape index (κ2) is 11.2. The summed E-state index contributed by atoms with van der Waals surface area (Å²) < 4.78 is 0. The van der Waals surface area contributed by atoms with Gasteiger partial charge < -0.3 is 16.4 Å². The normalized spacial score (nSPS) is 9.95. The number of rotatable bonds is 7. The van der Waals surface area contributed by atoms with Gasteiger partial charge >= 0.3 is 0 Å². The molecule has 1 heterocycles. The van der Waals surface area contributed by atoms with Crippen LogP contribution in [0.3, 0.4) is 0 Å². The fourth-order valence-corrected chi connectivity index (χ4v) is 1.59. The van der Waals surface area contributed by atoms with Crippen LogP contribution in [0.4, 0.5) is 0 Å². The molecule has 1 aromatic heterocycles. The van der Waals surface area contributed by atoms with E-state index in [0.29, 0.717) is 6.54 Å². The fourth-order valence-electron chi connectivity index (χ4n) is 1.59. The lowest BCUT2D eigenvalue weighted by Crippen LogP contribution is -2.50. The molecule has 0 spiro atoms. The SMILES string of the molecule is CCC(N)(CC)CNC(=O)CNC(=O)c1ccccn1.Cl.Cl. The van der Waals surface area contributed by atoms with Crippen molar-refractivity contribution < 1.29 is 9.59 Å². The first-order valence-corrected chi connectivity index (χ1v) is 6.75. The zero-order chi connectivity index (χ0) is 15.0. The van der Waals surface area contributed by atoms with Crippen molar-refractivity contribution in [3.63, 3.8) is 0 Å². The van der Waals surface area contributed by atoms with E-state index in [0.717, 1.165) is 12.8 Å². The molecule has 0 saturated heterocycles. The highest BCUT2D eigenvalue weighted by Crippen LogP contribution is 2.08. The van der Waals surface area contributed by atoms with Crippen LogP contribution in [-0.4, -0.2) is 35.4 Å². The number of nitrogens with zero attached hydrogens (tertiary/aromatic N) is 1. The van der Waals surface area contributed by atoms with Crippen LogP contribution in [0.2, 0.25) is 0 Å². The van der Waals surface area contributed by atoms with Crippen LogP contribution in [0.25, 0.3) is 0 Å². The molecule has 126 valence electrons. The highest BCUT2D eigenvalue weighted by atomic mass is 35.5. The van der Waals surface area contributed by atoms with Gasteiger partial charge in [0, 0.05) is 18.3 Å². The minimum absolute atomic E-state index is 0. The van der Waals surface area contributed by atoms with E-state index in [4.69, 9.17) is 5.73 Å². The maximum absolute atomic E-state index is 11.7. The number of hydrogen-bond donors (Lipinski definition) is 3. The standard InChI is InChI=1S/C14H22N4O2.2ClH/c1-3-14(15,4-2)10-18-12(19)9-17-13(20)11-7-5-6-8-16-11;;/h5-8H,3-4,9-10,15H2,1-2H3,(H,17,20)(H,18,19);2*1H. The van der Waals surface area contributed by atoms with Crippen molar-refractivity contribution in [2.45, 2.75) is 32.2 Å². The third kappa shape index (κ3) is 7.59. The maximum atomic E-state index is 11.7. The molecule has 6 nitrogen and oxygen atoms in total. The predicted octanol–water partition coefficient (Wildman–Crippen LogP) is 1.29. The van der Waals surface area contributed by atoms with Crippen LogP contribution in [0.15, 0.2) is 24.4 Å². The Morgan fingerprint density at radius 1 is 1.18 bits per heavy atom. The minimum atomic E-state index is -0.388. The largest absolute Gasteiger partial charge is 0.353 e. The lowest BCUT2D eigenvalue weighted by molar-refractivity contribution is -0.120. The van der Waals surface area contributed by atoms with E-state index in [1.54, 1.807) is 18.2 Å². The van der Waals surface area contributed by atoms with Gasteiger partial charge in [0.05, 0.1) is 6.54 Å². The summed E-state index contributed by atoms with van der Waals surface area (Å²) in [5.74, 6) is -0.628. The Bertz CT molecular complexity index is 453. The molecule has 1 aromatic rings. The Kier molecular flexibility index (Phi) is 11.7. The summed E-state index contributed by atoms with van der Waals surface area (Å²) in [6.45, 7) is 4.29. The van der Waals surface area contributed by atoms with E-state index in [1.807, 2.05) is 13.8 Å². The van der Waals surface area contributed by atoms with Crippen LogP contribution >= 0.6 is 24.8 Å². The number of carbonyl (C=O) groups excluding carboxylic acids is 2. The predicted molar refractivity (Wildman–Crippen MR) is 91.6 cm³/mol. The summed E-state index contributed by atoms with van der Waals surface area (Å²) in [7, 11) is 0. The van der Waals surface area contributed by atoms with Gasteiger partial charge in [0.25, 0.3) is 5.91 Å². The molecule has 0 radical (unpaired) electrons. The highest BCUT2D eigenvalue weighted by molar-refractivity contribution is 5.94. The molecular formula is C14H24Cl2N4O2. The number of aromatic nitrogens is 1. The van der Waals surface area contributed by atoms with Crippen LogP contribution < -0.4 is 16.4 Å². The van der Waals surface area contributed by atoms with Crippen molar-refractivity contribution in [2.75, 3.05) is 13.1 Å². The number of carbonyl (C=O) groups is 2. The van der Waals surface area contributed by atoms with E-state index in [2.05, 4.69) is 15.6 Å². The lowest BCUT2D eigenvalue weighted by atomic mass is 9.94. The zero-order valence-corrected chi connectivity index (χ0v) is 14.4. The third-order valence-electron chi connectivity index (χ3n) is 3.35. The molecule has 0 aliphatic heterocycles. The van der Waals surface area contributed by atoms with Gasteiger partial charge in [0.15, 0.2) is 0 Å². The summed E-state index contributed by atoms with van der Waals surface area (Å²) in [5, 5.41) is 5.25. The van der Waals surface area contributed by atoms with Gasteiger partial charge in [-0.05, 0) is 25.0 Å². The molecule has 0 fully saturated rings. The molecule has 0 bridgehead atoms. The molecular weight excluding hydrogens is 327 g/mol. The van der Waals surface area contributed by atoms with Crippen molar-refractivity contribution in [2.24, 2.45) is 5.73 Å². The Morgan fingerprint density at radius 3 is 2.32 bits per heavy atom. The Hall–Kier alpha value is -1.37. The van der Waals surface area contributed by atoms with Crippen LogP contribution in [0.5, 0.6) is 0 Å². The van der Waals surface area contributed by atoms with Gasteiger partial charge in [-0.15, -0.1) is 24.8 Å². The van der Waals surface area contributed by atoms with Gasteiger partial charge in [-0.1, -0.05) is 19.9 Å². The molecule has 0 atom stereocenters. The molecule has 0 saturated carbocycles. The van der Waals surface area contributed by atoms with Crippen LogP contribution in [0.1, 0.15) is 37.2 Å². The van der Waals surface area contributed by atoms with E-state index < -0.39 is 0 Å². The van der Waals surface area contributed by atoms with Gasteiger partial charge in [-0.3, -0.25) is 14.6 Å². The van der Waals surface area contributed by atoms with E-state index >= 15 is 0 Å². The van der Waals surface area contributed by atoms with Crippen molar-refractivity contribution in [3.05, 3.63) is 30.1 Å². The quantitative estimate of drug-likeness (QED) is 0.690. The van der Waals surface area contributed by atoms with Gasteiger partial charge in [-0.2, -0.15) is 0 Å². The van der Waals surface area contributed by atoms with E-state index in [-0.39, 0.29) is 54.4 Å². The van der Waals surface area contributed by atoms with Gasteiger partial charge in [0.1, 0.15) is 5.69 Å². The topological polar surface area (TPSA) is 97.1 Å². The number of halogens is 2. The van der Waals surface area contributed by atoms with Crippen molar-refractivity contribution in [3.8, 4) is 0 Å². The molecule has 0 aromatic carbocycles. The van der Waals surface area contributed by atoms with Gasteiger partial charge in [0.2, 0.25) is 5.91 Å². The van der Waals surface area contributed by atoms with Crippen LogP contribution in [-0.2, 0) is 4.79 Å². The average Bonchev–Trinajstić information content (AvgIpc) is 2.51. The number of nitrogens with one attached hydrogen (secondary N) is 2. The molecule has 0 aliphatic rings. The third-order valence-corrected chi connectivity index (χ3v) is 3.35. The first-order chi connectivity index (χ1) is 9.50. The Morgan fingerprint density at radius 2 is 1.82 bits per heavy atom. The molecule has 0 unspecified atom stereocenters. The summed E-state index contributed by atoms with van der Waals surface area (Å²) in [5.41, 5.74) is 5.98. The molecule has 1 rings (SSSR count). The summed E-state index contributed by atoms with van der Waals surface area (Å²) in [6, 6.07) is 5.03. The molecule has 0 aliphatic carbocycles. The molecule has 8 heteroatoms. The molecule has 2 amide bonds. The second-order valence-corrected chi connectivity index (χ2v) is 4.74. The zero-order valence-electron chi connectivity index (χ0n) is 12.8. The number of hydrogen-bond acceptors (Lipinski definition) is 4. The monoisotopic (exact) mass is 350 g/mol. The van der Waals surface area contributed by atoms with Crippen molar-refractivity contribution >= 4 is 36.6 Å². The lowest BCUT2D eigenvalue weighted by Gasteiger charge is -2.26. The summed E-state index contributed by atoms with van der Waals surface area (Å²) in [6.07, 6.45) is 3.09. The number of nitrogens with two attached hydrogens (primary N) is 1. The minimum Gasteiger partial charge on any atom is -0.353 e. The molecule has 22 heavy (non-hydrogen) atoms. The number of amides is 2. The summed E-state index contributed by atoms with van der Waals surface area (Å²) >= 11 is 0. The first-order valence-electron chi connectivity index (χ1n) is 6.75. The van der Waals surface area contributed by atoms with Crippen LogP contribution in [0, 0.1) is 0 Å². The highest BCUT2D eigenvalue weighted by Gasteiger charge is 2.20. The smallest absolute Gasteiger partial charge is 0.270 e. The Labute approximate surface area is 143 Å². The Balaban J connectivity index is 0. The number of pyridine rings is 1. The summed E-state index contributed by atoms with van der Waals surface area (Å²) in [4.78, 5) is 27.2. The van der Waals surface area contributed by atoms with E-state index in [1.165, 1.54) is 6.20 Å². The van der Waals surface area contributed by atoms with E-state index in [9.17, 15) is 9.59 Å².